The Labute approximate surface area is 157 Å². The lowest BCUT2D eigenvalue weighted by molar-refractivity contribution is -0.154. The first kappa shape index (κ1) is 18.0. The summed E-state index contributed by atoms with van der Waals surface area (Å²) in [6, 6.07) is 3.13. The van der Waals surface area contributed by atoms with Gasteiger partial charge in [-0.2, -0.15) is 13.2 Å². The van der Waals surface area contributed by atoms with Gasteiger partial charge in [-0.15, -0.1) is 11.3 Å². The number of nitrogens with zero attached hydrogens (tertiary/aromatic N) is 3. The fourth-order valence-electron chi connectivity index (χ4n) is 3.17. The van der Waals surface area contributed by atoms with Crippen LogP contribution in [0.4, 0.5) is 19.0 Å². The second-order valence-corrected chi connectivity index (χ2v) is 7.50. The Hall–Kier alpha value is -2.42. The first-order valence-electron chi connectivity index (χ1n) is 8.56. The van der Waals surface area contributed by atoms with Crippen LogP contribution in [0, 0.1) is 6.92 Å². The smallest absolute Gasteiger partial charge is 0.422 e. The Balaban J connectivity index is 1.49. The van der Waals surface area contributed by atoms with Gasteiger partial charge in [0.2, 0.25) is 5.88 Å². The molecule has 0 radical (unpaired) electrons. The highest BCUT2D eigenvalue weighted by molar-refractivity contribution is 7.19. The maximum absolute atomic E-state index is 12.2. The molecule has 5 nitrogen and oxygen atoms in total. The van der Waals surface area contributed by atoms with Crippen LogP contribution in [0.1, 0.15) is 28.2 Å². The van der Waals surface area contributed by atoms with Gasteiger partial charge in [-0.1, -0.05) is 6.07 Å². The molecule has 3 aromatic rings. The van der Waals surface area contributed by atoms with Gasteiger partial charge in [0.15, 0.2) is 6.61 Å². The van der Waals surface area contributed by atoms with E-state index in [4.69, 9.17) is 0 Å². The molecular weight excluding hydrogens is 377 g/mol. The van der Waals surface area contributed by atoms with E-state index < -0.39 is 12.8 Å². The predicted molar refractivity (Wildman–Crippen MR) is 97.3 cm³/mol. The number of thiophene rings is 1. The first-order valence-corrected chi connectivity index (χ1v) is 9.38. The molecule has 27 heavy (non-hydrogen) atoms. The fourth-order valence-corrected chi connectivity index (χ4v) is 4.48. The van der Waals surface area contributed by atoms with Gasteiger partial charge in [0.1, 0.15) is 16.5 Å². The number of rotatable bonds is 5. The number of anilines is 1. The summed E-state index contributed by atoms with van der Waals surface area (Å²) >= 11 is 1.73. The summed E-state index contributed by atoms with van der Waals surface area (Å²) < 4.78 is 41.2. The minimum absolute atomic E-state index is 0.0491. The van der Waals surface area contributed by atoms with Crippen LogP contribution >= 0.6 is 11.3 Å². The largest absolute Gasteiger partial charge is 0.468 e. The molecule has 0 fully saturated rings. The van der Waals surface area contributed by atoms with E-state index >= 15 is 0 Å². The average Bonchev–Trinajstić information content (AvgIpc) is 3.18. The SMILES string of the molecule is Cc1nc(NCc2ccc(OCC(F)(F)F)nc2)c2c3c(sc2n1)CCC3. The summed E-state index contributed by atoms with van der Waals surface area (Å²) in [7, 11) is 0. The Morgan fingerprint density at radius 1 is 1.22 bits per heavy atom. The molecule has 0 saturated carbocycles. The van der Waals surface area contributed by atoms with Crippen LogP contribution in [0.2, 0.25) is 0 Å². The molecule has 9 heteroatoms. The topological polar surface area (TPSA) is 59.9 Å². The summed E-state index contributed by atoms with van der Waals surface area (Å²) in [5.74, 6) is 1.46. The van der Waals surface area contributed by atoms with E-state index in [1.165, 1.54) is 22.7 Å². The van der Waals surface area contributed by atoms with Gasteiger partial charge in [-0.25, -0.2) is 15.0 Å². The van der Waals surface area contributed by atoms with Crippen molar-refractivity contribution in [3.63, 3.8) is 0 Å². The molecule has 4 rings (SSSR count). The minimum atomic E-state index is -4.38. The number of nitrogens with one attached hydrogen (secondary N) is 1. The summed E-state index contributed by atoms with van der Waals surface area (Å²) in [6.07, 6.45) is 0.427. The van der Waals surface area contributed by atoms with Crippen molar-refractivity contribution in [2.45, 2.75) is 38.9 Å². The minimum Gasteiger partial charge on any atom is -0.468 e. The summed E-state index contributed by atoms with van der Waals surface area (Å²) in [5.41, 5.74) is 2.16. The number of halogens is 3. The molecule has 0 aromatic carbocycles. The second-order valence-electron chi connectivity index (χ2n) is 6.42. The van der Waals surface area contributed by atoms with Gasteiger partial charge in [-0.05, 0) is 37.3 Å². The van der Waals surface area contributed by atoms with E-state index in [1.807, 2.05) is 6.92 Å². The fraction of sp³-hybridized carbons (Fsp3) is 0.389. The zero-order valence-corrected chi connectivity index (χ0v) is 15.4. The lowest BCUT2D eigenvalue weighted by atomic mass is 10.2. The quantitative estimate of drug-likeness (QED) is 0.693. The number of ether oxygens (including phenoxy) is 1. The maximum atomic E-state index is 12.2. The van der Waals surface area contributed by atoms with Crippen LogP contribution < -0.4 is 10.1 Å². The normalized spacial score (nSPS) is 13.8. The van der Waals surface area contributed by atoms with Crippen LogP contribution in [-0.2, 0) is 19.4 Å². The second kappa shape index (κ2) is 6.95. The van der Waals surface area contributed by atoms with Crippen LogP contribution in [-0.4, -0.2) is 27.7 Å². The highest BCUT2D eigenvalue weighted by Gasteiger charge is 2.28. The van der Waals surface area contributed by atoms with Crippen LogP contribution in [0.15, 0.2) is 18.3 Å². The van der Waals surface area contributed by atoms with Gasteiger partial charge in [-0.3, -0.25) is 0 Å². The molecule has 0 saturated heterocycles. The van der Waals surface area contributed by atoms with Crippen molar-refractivity contribution in [1.29, 1.82) is 0 Å². The number of aromatic nitrogens is 3. The third kappa shape index (κ3) is 3.97. The predicted octanol–water partition coefficient (Wildman–Crippen LogP) is 4.44. The van der Waals surface area contributed by atoms with Crippen LogP contribution in [0.25, 0.3) is 10.2 Å². The van der Waals surface area contributed by atoms with Crippen LogP contribution in [0.3, 0.4) is 0 Å². The van der Waals surface area contributed by atoms with E-state index in [-0.39, 0.29) is 5.88 Å². The highest BCUT2D eigenvalue weighted by Crippen LogP contribution is 2.39. The third-order valence-corrected chi connectivity index (χ3v) is 5.50. The standard InChI is InChI=1S/C18H17F3N4OS/c1-10-24-16(15-12-3-2-4-13(12)27-17(15)25-10)23-8-11-5-6-14(22-7-11)26-9-18(19,20)21/h5-7H,2-4,8-9H2,1H3,(H,23,24,25). The van der Waals surface area contributed by atoms with Crippen molar-refractivity contribution < 1.29 is 17.9 Å². The summed E-state index contributed by atoms with van der Waals surface area (Å²) in [5, 5.41) is 4.42. The summed E-state index contributed by atoms with van der Waals surface area (Å²) in [6.45, 7) is 0.978. The molecule has 0 atom stereocenters. The van der Waals surface area contributed by atoms with Crippen molar-refractivity contribution in [2.24, 2.45) is 0 Å². The number of alkyl halides is 3. The molecule has 0 aliphatic heterocycles. The lowest BCUT2D eigenvalue weighted by Crippen LogP contribution is -2.19. The molecule has 0 unspecified atom stereocenters. The molecule has 142 valence electrons. The number of aryl methyl sites for hydroxylation is 3. The molecule has 0 amide bonds. The zero-order chi connectivity index (χ0) is 19.0. The van der Waals surface area contributed by atoms with E-state index in [1.54, 1.807) is 17.4 Å². The Kier molecular flexibility index (Phi) is 4.63. The number of pyridine rings is 1. The van der Waals surface area contributed by atoms with Gasteiger partial charge < -0.3 is 10.1 Å². The van der Waals surface area contributed by atoms with Gasteiger partial charge in [0.25, 0.3) is 0 Å². The zero-order valence-electron chi connectivity index (χ0n) is 14.6. The van der Waals surface area contributed by atoms with E-state index in [9.17, 15) is 13.2 Å². The molecule has 1 N–H and O–H groups in total. The monoisotopic (exact) mass is 394 g/mol. The van der Waals surface area contributed by atoms with Crippen LogP contribution in [0.5, 0.6) is 5.88 Å². The number of hydrogen-bond donors (Lipinski definition) is 1. The van der Waals surface area contributed by atoms with Gasteiger partial charge >= 0.3 is 6.18 Å². The Morgan fingerprint density at radius 3 is 2.81 bits per heavy atom. The van der Waals surface area contributed by atoms with Gasteiger partial charge in [0, 0.05) is 23.7 Å². The molecule has 1 aliphatic rings. The number of fused-ring (bicyclic) bond motifs is 3. The van der Waals surface area contributed by atoms with E-state index in [0.29, 0.717) is 12.4 Å². The molecule has 0 bridgehead atoms. The van der Waals surface area contributed by atoms with E-state index in [2.05, 4.69) is 25.0 Å². The van der Waals surface area contributed by atoms with Crippen molar-refractivity contribution in [2.75, 3.05) is 11.9 Å². The third-order valence-electron chi connectivity index (χ3n) is 4.32. The Bertz CT molecular complexity index is 969. The van der Waals surface area contributed by atoms with Crippen molar-refractivity contribution in [3.05, 3.63) is 40.2 Å². The van der Waals surface area contributed by atoms with Crippen molar-refractivity contribution in [1.82, 2.24) is 15.0 Å². The van der Waals surface area contributed by atoms with E-state index in [0.717, 1.165) is 40.9 Å². The van der Waals surface area contributed by atoms with Crippen molar-refractivity contribution in [3.8, 4) is 5.88 Å². The molecule has 3 aromatic heterocycles. The van der Waals surface area contributed by atoms with Gasteiger partial charge in [0.05, 0.1) is 5.39 Å². The first-order chi connectivity index (χ1) is 12.9. The van der Waals surface area contributed by atoms with Crippen molar-refractivity contribution >= 4 is 27.4 Å². The molecule has 1 aliphatic carbocycles. The highest BCUT2D eigenvalue weighted by atomic mass is 32.1. The molecular formula is C18H17F3N4OS. The Morgan fingerprint density at radius 2 is 2.07 bits per heavy atom. The molecule has 0 spiro atoms. The summed E-state index contributed by atoms with van der Waals surface area (Å²) in [4.78, 5) is 15.4. The number of hydrogen-bond acceptors (Lipinski definition) is 6. The molecule has 3 heterocycles. The lowest BCUT2D eigenvalue weighted by Gasteiger charge is -2.10. The maximum Gasteiger partial charge on any atom is 0.422 e. The average molecular weight is 394 g/mol.